The van der Waals surface area contributed by atoms with Crippen molar-refractivity contribution in [2.45, 2.75) is 20.8 Å². The number of hydrogen-bond acceptors (Lipinski definition) is 2. The predicted octanol–water partition coefficient (Wildman–Crippen LogP) is 2.20. The second-order valence-electron chi connectivity index (χ2n) is 5.11. The van der Waals surface area contributed by atoms with Crippen LogP contribution in [0.1, 0.15) is 19.4 Å². The molecule has 18 heavy (non-hydrogen) atoms. The topological polar surface area (TPSA) is 32.3 Å². The molecule has 0 radical (unpaired) electrons. The van der Waals surface area contributed by atoms with Crippen LogP contribution in [0.25, 0.3) is 0 Å². The van der Waals surface area contributed by atoms with E-state index < -0.39 is 0 Å². The van der Waals surface area contributed by atoms with Crippen molar-refractivity contribution in [3.05, 3.63) is 29.8 Å². The number of rotatable bonds is 3. The monoisotopic (exact) mass is 246 g/mol. The van der Waals surface area contributed by atoms with Gasteiger partial charge in [0.25, 0.3) is 0 Å². The third-order valence-electron chi connectivity index (χ3n) is 3.82. The molecule has 0 bridgehead atoms. The number of hydrogen-bond donors (Lipinski definition) is 1. The zero-order valence-electron chi connectivity index (χ0n) is 11.4. The van der Waals surface area contributed by atoms with Crippen LogP contribution in [0.2, 0.25) is 0 Å². The van der Waals surface area contributed by atoms with E-state index in [0.29, 0.717) is 5.92 Å². The first-order chi connectivity index (χ1) is 8.65. The Bertz CT molecular complexity index is 430. The Labute approximate surface area is 109 Å². The summed E-state index contributed by atoms with van der Waals surface area (Å²) in [5.74, 6) is 0.796. The van der Waals surface area contributed by atoms with Crippen LogP contribution in [0.5, 0.6) is 0 Å². The minimum atomic E-state index is 0.115. The molecule has 2 rings (SSSR count). The molecule has 0 saturated carbocycles. The fraction of sp³-hybridized carbons (Fsp3) is 0.533. The number of amides is 1. The molecule has 1 saturated heterocycles. The van der Waals surface area contributed by atoms with Crippen molar-refractivity contribution in [2.75, 3.05) is 24.5 Å². The van der Waals surface area contributed by atoms with E-state index in [4.69, 9.17) is 0 Å². The standard InChI is InChI=1S/C15H22N2O/c1-4-17(14-8-6-5-7-11(14)2)15(18)13-10-16-9-12(13)3/h5-8,12-13,16H,4,9-10H2,1-3H3/t12-,13-/m1/s1. The third-order valence-corrected chi connectivity index (χ3v) is 3.82. The molecule has 1 N–H and O–H groups in total. The van der Waals surface area contributed by atoms with E-state index >= 15 is 0 Å². The summed E-state index contributed by atoms with van der Waals surface area (Å²) in [7, 11) is 0. The highest BCUT2D eigenvalue weighted by molar-refractivity contribution is 5.96. The zero-order valence-corrected chi connectivity index (χ0v) is 11.4. The lowest BCUT2D eigenvalue weighted by Gasteiger charge is -2.27. The maximum absolute atomic E-state index is 12.6. The van der Waals surface area contributed by atoms with E-state index in [0.717, 1.165) is 30.9 Å². The van der Waals surface area contributed by atoms with E-state index in [1.54, 1.807) is 0 Å². The van der Waals surface area contributed by atoms with Gasteiger partial charge in [0.15, 0.2) is 0 Å². The summed E-state index contributed by atoms with van der Waals surface area (Å²) in [6.45, 7) is 8.73. The number of benzene rings is 1. The van der Waals surface area contributed by atoms with E-state index in [1.165, 1.54) is 0 Å². The van der Waals surface area contributed by atoms with Crippen molar-refractivity contribution < 1.29 is 4.79 Å². The minimum absolute atomic E-state index is 0.115. The molecule has 0 aromatic heterocycles. The first kappa shape index (κ1) is 13.1. The largest absolute Gasteiger partial charge is 0.316 e. The highest BCUT2D eigenvalue weighted by Crippen LogP contribution is 2.25. The van der Waals surface area contributed by atoms with Crippen LogP contribution in [0.3, 0.4) is 0 Å². The fourth-order valence-corrected chi connectivity index (χ4v) is 2.65. The van der Waals surface area contributed by atoms with E-state index in [9.17, 15) is 4.79 Å². The molecule has 1 aromatic carbocycles. The summed E-state index contributed by atoms with van der Waals surface area (Å²) in [6, 6.07) is 8.09. The molecule has 1 aromatic rings. The maximum Gasteiger partial charge on any atom is 0.231 e. The quantitative estimate of drug-likeness (QED) is 0.887. The van der Waals surface area contributed by atoms with Crippen molar-refractivity contribution in [3.63, 3.8) is 0 Å². The zero-order chi connectivity index (χ0) is 13.1. The second-order valence-corrected chi connectivity index (χ2v) is 5.11. The lowest BCUT2D eigenvalue weighted by atomic mass is 9.96. The first-order valence-electron chi connectivity index (χ1n) is 6.72. The summed E-state index contributed by atoms with van der Waals surface area (Å²) in [4.78, 5) is 14.5. The molecule has 3 heteroatoms. The number of carbonyl (C=O) groups is 1. The molecule has 0 spiro atoms. The Balaban J connectivity index is 2.23. The van der Waals surface area contributed by atoms with Crippen LogP contribution in [-0.4, -0.2) is 25.5 Å². The normalized spacial score (nSPS) is 23.1. The van der Waals surface area contributed by atoms with Gasteiger partial charge in [0.05, 0.1) is 5.92 Å². The summed E-state index contributed by atoms with van der Waals surface area (Å²) in [5, 5.41) is 3.30. The summed E-state index contributed by atoms with van der Waals surface area (Å²) in [5.41, 5.74) is 2.20. The molecule has 2 atom stereocenters. The number of aryl methyl sites for hydroxylation is 1. The van der Waals surface area contributed by atoms with E-state index in [-0.39, 0.29) is 11.8 Å². The van der Waals surface area contributed by atoms with Crippen molar-refractivity contribution in [3.8, 4) is 0 Å². The van der Waals surface area contributed by atoms with Gasteiger partial charge in [0.1, 0.15) is 0 Å². The number of anilines is 1. The SMILES string of the molecule is CCN(C(=O)[C@@H]1CNC[C@H]1C)c1ccccc1C. The molecule has 1 amide bonds. The highest BCUT2D eigenvalue weighted by Gasteiger charge is 2.33. The van der Waals surface area contributed by atoms with Gasteiger partial charge in [0.2, 0.25) is 5.91 Å². The Morgan fingerprint density at radius 1 is 1.39 bits per heavy atom. The molecule has 1 fully saturated rings. The van der Waals surface area contributed by atoms with Gasteiger partial charge in [-0.25, -0.2) is 0 Å². The third kappa shape index (κ3) is 2.41. The van der Waals surface area contributed by atoms with E-state index in [1.807, 2.05) is 30.0 Å². The molecule has 3 nitrogen and oxygen atoms in total. The highest BCUT2D eigenvalue weighted by atomic mass is 16.2. The van der Waals surface area contributed by atoms with Crippen molar-refractivity contribution in [1.82, 2.24) is 5.32 Å². The Kier molecular flexibility index (Phi) is 4.02. The van der Waals surface area contributed by atoms with Gasteiger partial charge in [-0.1, -0.05) is 25.1 Å². The molecule has 0 aliphatic carbocycles. The van der Waals surface area contributed by atoms with Gasteiger partial charge in [-0.15, -0.1) is 0 Å². The van der Waals surface area contributed by atoms with Crippen LogP contribution in [0.15, 0.2) is 24.3 Å². The van der Waals surface area contributed by atoms with Gasteiger partial charge < -0.3 is 10.2 Å². The number of nitrogens with one attached hydrogen (secondary N) is 1. The first-order valence-corrected chi connectivity index (χ1v) is 6.72. The lowest BCUT2D eigenvalue weighted by molar-refractivity contribution is -0.122. The van der Waals surface area contributed by atoms with Gasteiger partial charge in [0, 0.05) is 18.8 Å². The van der Waals surface area contributed by atoms with Gasteiger partial charge >= 0.3 is 0 Å². The van der Waals surface area contributed by atoms with Gasteiger partial charge in [-0.05, 0) is 37.9 Å². The Morgan fingerprint density at radius 2 is 2.11 bits per heavy atom. The average molecular weight is 246 g/mol. The molecule has 0 unspecified atom stereocenters. The Hall–Kier alpha value is -1.35. The lowest BCUT2D eigenvalue weighted by Crippen LogP contribution is -2.39. The van der Waals surface area contributed by atoms with Crippen LogP contribution in [0, 0.1) is 18.8 Å². The molecule has 1 aliphatic rings. The van der Waals surface area contributed by atoms with Crippen molar-refractivity contribution >= 4 is 11.6 Å². The molecular formula is C15H22N2O. The molecule has 1 heterocycles. The maximum atomic E-state index is 12.6. The number of carbonyl (C=O) groups excluding carboxylic acids is 1. The Morgan fingerprint density at radius 3 is 2.67 bits per heavy atom. The molecule has 1 aliphatic heterocycles. The van der Waals surface area contributed by atoms with Gasteiger partial charge in [-0.2, -0.15) is 0 Å². The summed E-state index contributed by atoms with van der Waals surface area (Å²) >= 11 is 0. The van der Waals surface area contributed by atoms with Crippen molar-refractivity contribution in [2.24, 2.45) is 11.8 Å². The summed E-state index contributed by atoms with van der Waals surface area (Å²) in [6.07, 6.45) is 0. The van der Waals surface area contributed by atoms with Crippen LogP contribution >= 0.6 is 0 Å². The molecule has 98 valence electrons. The van der Waals surface area contributed by atoms with E-state index in [2.05, 4.69) is 25.2 Å². The van der Waals surface area contributed by atoms with Gasteiger partial charge in [-0.3, -0.25) is 4.79 Å². The minimum Gasteiger partial charge on any atom is -0.316 e. The average Bonchev–Trinajstić information content (AvgIpc) is 2.78. The fourth-order valence-electron chi connectivity index (χ4n) is 2.65. The van der Waals surface area contributed by atoms with Crippen LogP contribution in [-0.2, 0) is 4.79 Å². The second kappa shape index (κ2) is 5.53. The summed E-state index contributed by atoms with van der Waals surface area (Å²) < 4.78 is 0. The number of nitrogens with zero attached hydrogens (tertiary/aromatic N) is 1. The van der Waals surface area contributed by atoms with Crippen LogP contribution < -0.4 is 10.2 Å². The van der Waals surface area contributed by atoms with Crippen LogP contribution in [0.4, 0.5) is 5.69 Å². The smallest absolute Gasteiger partial charge is 0.231 e. The van der Waals surface area contributed by atoms with Crippen molar-refractivity contribution in [1.29, 1.82) is 0 Å². The molecular weight excluding hydrogens is 224 g/mol. The predicted molar refractivity (Wildman–Crippen MR) is 74.7 cm³/mol. The number of para-hydroxylation sites is 1.